The molecule has 0 aliphatic rings. The minimum absolute atomic E-state index is 0.0238. The molecule has 2 heterocycles. The summed E-state index contributed by atoms with van der Waals surface area (Å²) in [4.78, 5) is 57.7. The Morgan fingerprint density at radius 1 is 1.15 bits per heavy atom. The molecule has 0 spiro atoms. The van der Waals surface area contributed by atoms with Crippen LogP contribution in [0.25, 0.3) is 11.2 Å². The lowest BCUT2D eigenvalue weighted by atomic mass is 10.1. The van der Waals surface area contributed by atoms with Gasteiger partial charge in [0.15, 0.2) is 11.2 Å². The summed E-state index contributed by atoms with van der Waals surface area (Å²) in [5.74, 6) is -2.45. The van der Waals surface area contributed by atoms with Gasteiger partial charge in [-0.05, 0) is 0 Å². The van der Waals surface area contributed by atoms with E-state index in [0.29, 0.717) is 0 Å². The molecule has 3 atom stereocenters. The smallest absolute Gasteiger partial charge is 0.386 e. The maximum Gasteiger partial charge on any atom is 0.490 e. The number of rotatable bonds is 12. The molecule has 2 aromatic heterocycles. The van der Waals surface area contributed by atoms with Crippen molar-refractivity contribution in [1.29, 1.82) is 0 Å². The SMILES string of the molecule is COC(COP(=O)(O)OP(=O)(O)OP(=O)(O)O)(OC)[C@@H](O)Cn1cnc2c(=O)[nH]c(N)nc21. The summed E-state index contributed by atoms with van der Waals surface area (Å²) >= 11 is 0. The highest BCUT2D eigenvalue weighted by Crippen LogP contribution is 2.66. The largest absolute Gasteiger partial charge is 0.490 e. The monoisotopic (exact) mass is 539 g/mol. The Morgan fingerprint density at radius 2 is 1.76 bits per heavy atom. The number of fused-ring (bicyclic) bond motifs is 1. The normalized spacial score (nSPS) is 17.5. The maximum absolute atomic E-state index is 12.0. The van der Waals surface area contributed by atoms with E-state index in [1.165, 1.54) is 4.57 Å². The lowest BCUT2D eigenvalue weighted by Gasteiger charge is -2.35. The Bertz CT molecular complexity index is 1190. The lowest BCUT2D eigenvalue weighted by Crippen LogP contribution is -2.51. The highest BCUT2D eigenvalue weighted by molar-refractivity contribution is 7.66. The average Bonchev–Trinajstić information content (AvgIpc) is 3.03. The van der Waals surface area contributed by atoms with Crippen LogP contribution in [0.15, 0.2) is 11.1 Å². The number of aliphatic hydroxyl groups excluding tert-OH is 1. The second-order valence-electron chi connectivity index (χ2n) is 6.12. The van der Waals surface area contributed by atoms with Gasteiger partial charge in [-0.1, -0.05) is 0 Å². The fourth-order valence-electron chi connectivity index (χ4n) is 2.47. The molecule has 0 saturated heterocycles. The van der Waals surface area contributed by atoms with E-state index in [0.717, 1.165) is 20.5 Å². The minimum Gasteiger partial charge on any atom is -0.386 e. The van der Waals surface area contributed by atoms with E-state index >= 15 is 0 Å². The van der Waals surface area contributed by atoms with Gasteiger partial charge in [0.1, 0.15) is 12.7 Å². The van der Waals surface area contributed by atoms with Crippen molar-refractivity contribution in [1.82, 2.24) is 19.5 Å². The number of nitrogens with zero attached hydrogens (tertiary/aromatic N) is 3. The van der Waals surface area contributed by atoms with E-state index in [-0.39, 0.29) is 17.1 Å². The van der Waals surface area contributed by atoms with Crippen LogP contribution < -0.4 is 11.3 Å². The Morgan fingerprint density at radius 3 is 2.30 bits per heavy atom. The first kappa shape index (κ1) is 27.7. The third-order valence-corrected chi connectivity index (χ3v) is 7.69. The van der Waals surface area contributed by atoms with Gasteiger partial charge in [0.25, 0.3) is 5.56 Å². The highest BCUT2D eigenvalue weighted by atomic mass is 31.3. The number of nitrogens with two attached hydrogens (primary N) is 1. The number of phosphoric acid groups is 3. The molecule has 33 heavy (non-hydrogen) atoms. The van der Waals surface area contributed by atoms with Crippen LogP contribution in [0.1, 0.15) is 0 Å². The van der Waals surface area contributed by atoms with Crippen molar-refractivity contribution in [2.24, 2.45) is 0 Å². The summed E-state index contributed by atoms with van der Waals surface area (Å²) < 4.78 is 57.0. The molecular formula is C11H20N5O14P3. The van der Waals surface area contributed by atoms with Gasteiger partial charge in [-0.3, -0.25) is 14.3 Å². The summed E-state index contributed by atoms with van der Waals surface area (Å²) in [5.41, 5.74) is 4.71. The minimum atomic E-state index is -5.75. The number of phosphoric ester groups is 1. The molecule has 0 radical (unpaired) electrons. The van der Waals surface area contributed by atoms with Gasteiger partial charge >= 0.3 is 23.5 Å². The van der Waals surface area contributed by atoms with Crippen molar-refractivity contribution in [3.63, 3.8) is 0 Å². The molecule has 188 valence electrons. The van der Waals surface area contributed by atoms with Gasteiger partial charge in [-0.2, -0.15) is 13.6 Å². The molecule has 0 bridgehead atoms. The Balaban J connectivity index is 2.20. The first-order chi connectivity index (χ1) is 15.0. The van der Waals surface area contributed by atoms with Crippen molar-refractivity contribution >= 4 is 40.6 Å². The summed E-state index contributed by atoms with van der Waals surface area (Å²) in [6, 6.07) is 0. The van der Waals surface area contributed by atoms with Gasteiger partial charge in [0.2, 0.25) is 11.7 Å². The number of aromatic nitrogens is 4. The Hall–Kier alpha value is -1.56. The summed E-state index contributed by atoms with van der Waals surface area (Å²) in [7, 11) is -14.8. The van der Waals surface area contributed by atoms with Crippen molar-refractivity contribution in [3.8, 4) is 0 Å². The van der Waals surface area contributed by atoms with Crippen LogP contribution in [0.5, 0.6) is 0 Å². The van der Waals surface area contributed by atoms with Crippen molar-refractivity contribution in [2.45, 2.75) is 18.4 Å². The standard InChI is InChI=1S/C11H20N5O14P3/c1-26-11(27-2,4-28-32(22,23)30-33(24,25)29-31(19,20)21)6(17)3-16-5-13-7-8(16)14-10(12)15-9(7)18/h5-6,17H,3-4H2,1-2H3,(H,22,23)(H,24,25)(H2,19,20,21)(H3,12,14,15,18)/t6-/m0/s1. The number of nitrogen functional groups attached to an aromatic ring is 1. The molecule has 19 nitrogen and oxygen atoms in total. The molecule has 2 aromatic rings. The number of aliphatic hydroxyl groups is 1. The van der Waals surface area contributed by atoms with Crippen molar-refractivity contribution < 1.29 is 61.0 Å². The Labute approximate surface area is 183 Å². The number of hydrogen-bond acceptors (Lipinski definition) is 13. The van der Waals surface area contributed by atoms with Gasteiger partial charge in [0, 0.05) is 14.2 Å². The quantitative estimate of drug-likeness (QED) is 0.118. The van der Waals surface area contributed by atoms with Gasteiger partial charge in [-0.25, -0.2) is 18.7 Å². The number of methoxy groups -OCH3 is 2. The molecule has 8 N–H and O–H groups in total. The molecule has 22 heteroatoms. The molecule has 2 rings (SSSR count). The van der Waals surface area contributed by atoms with E-state index in [1.54, 1.807) is 0 Å². The number of hydrogen-bond donors (Lipinski definition) is 7. The zero-order valence-corrected chi connectivity index (χ0v) is 19.4. The molecule has 0 aromatic carbocycles. The maximum atomic E-state index is 12.0. The highest BCUT2D eigenvalue weighted by Gasteiger charge is 2.45. The second-order valence-corrected chi connectivity index (χ2v) is 10.5. The average molecular weight is 539 g/mol. The van der Waals surface area contributed by atoms with E-state index in [1.807, 2.05) is 0 Å². The molecule has 0 aliphatic heterocycles. The third-order valence-electron chi connectivity index (χ3n) is 3.91. The molecule has 0 aliphatic carbocycles. The van der Waals surface area contributed by atoms with Crippen LogP contribution in [0.3, 0.4) is 0 Å². The number of anilines is 1. The summed E-state index contributed by atoms with van der Waals surface area (Å²) in [5, 5.41) is 10.6. The fraction of sp³-hybridized carbons (Fsp3) is 0.545. The number of aromatic amines is 1. The summed E-state index contributed by atoms with van der Waals surface area (Å²) in [6.45, 7) is -1.55. The fourth-order valence-corrected chi connectivity index (χ4v) is 5.51. The van der Waals surface area contributed by atoms with Crippen LogP contribution in [-0.4, -0.2) is 76.9 Å². The van der Waals surface area contributed by atoms with Gasteiger partial charge < -0.3 is 44.5 Å². The van der Waals surface area contributed by atoms with Crippen molar-refractivity contribution in [2.75, 3.05) is 26.6 Å². The molecule has 0 amide bonds. The Kier molecular flexibility index (Phi) is 8.36. The number of ether oxygens (including phenoxy) is 2. The molecule has 2 unspecified atom stereocenters. The predicted molar refractivity (Wildman–Crippen MR) is 105 cm³/mol. The molecule has 0 fully saturated rings. The number of nitrogens with one attached hydrogen (secondary N) is 1. The first-order valence-corrected chi connectivity index (χ1v) is 12.8. The van der Waals surface area contributed by atoms with Gasteiger partial charge in [-0.15, -0.1) is 0 Å². The third kappa shape index (κ3) is 7.21. The molecule has 0 saturated carbocycles. The van der Waals surface area contributed by atoms with Gasteiger partial charge in [0.05, 0.1) is 12.9 Å². The second kappa shape index (κ2) is 9.97. The number of H-pyrrole nitrogens is 1. The molecular weight excluding hydrogens is 519 g/mol. The van der Waals surface area contributed by atoms with Crippen molar-refractivity contribution in [3.05, 3.63) is 16.7 Å². The van der Waals surface area contributed by atoms with Crippen LogP contribution >= 0.6 is 23.5 Å². The van der Waals surface area contributed by atoms with Crippen LogP contribution in [-0.2, 0) is 42.9 Å². The zero-order chi connectivity index (χ0) is 25.2. The topological polar surface area (TPSA) is 288 Å². The number of imidazole rings is 1. The zero-order valence-electron chi connectivity index (χ0n) is 16.7. The first-order valence-electron chi connectivity index (χ1n) is 8.30. The van der Waals surface area contributed by atoms with Crippen LogP contribution in [0.2, 0.25) is 0 Å². The van der Waals surface area contributed by atoms with E-state index in [4.69, 9.17) is 25.0 Å². The lowest BCUT2D eigenvalue weighted by molar-refractivity contribution is -0.274. The van der Waals surface area contributed by atoms with Crippen LogP contribution in [0.4, 0.5) is 5.95 Å². The van der Waals surface area contributed by atoms with E-state index in [2.05, 4.69) is 28.1 Å². The summed E-state index contributed by atoms with van der Waals surface area (Å²) in [6.07, 6.45) is -0.590. The van der Waals surface area contributed by atoms with E-state index in [9.17, 15) is 33.4 Å². The van der Waals surface area contributed by atoms with E-state index < -0.39 is 54.1 Å². The predicted octanol–water partition coefficient (Wildman–Crippen LogP) is -1.60. The van der Waals surface area contributed by atoms with Crippen LogP contribution in [0, 0.1) is 0 Å².